The molecule has 0 radical (unpaired) electrons. The van der Waals surface area contributed by atoms with Crippen LogP contribution >= 0.6 is 0 Å². The van der Waals surface area contributed by atoms with Gasteiger partial charge in [0.05, 0.1) is 5.56 Å². The van der Waals surface area contributed by atoms with Crippen LogP contribution in [-0.4, -0.2) is 54.9 Å². The maximum absolute atomic E-state index is 13.5. The van der Waals surface area contributed by atoms with Crippen molar-refractivity contribution in [1.82, 2.24) is 4.90 Å². The molecule has 22 heavy (non-hydrogen) atoms. The molecule has 0 saturated carbocycles. The van der Waals surface area contributed by atoms with Crippen LogP contribution in [0.2, 0.25) is 0 Å². The third-order valence-corrected chi connectivity index (χ3v) is 3.36. The maximum Gasteiger partial charge on any atom is 0.410 e. The molecule has 1 amide bonds. The molecule has 118 valence electrons. The molecule has 1 fully saturated rings. The lowest BCUT2D eigenvalue weighted by Gasteiger charge is -2.35. The van der Waals surface area contributed by atoms with Gasteiger partial charge in [0.25, 0.3) is 0 Å². The highest BCUT2D eigenvalue weighted by Crippen LogP contribution is 2.20. The first kappa shape index (κ1) is 15.8. The van der Waals surface area contributed by atoms with Gasteiger partial charge in [0.15, 0.2) is 0 Å². The maximum atomic E-state index is 13.5. The van der Waals surface area contributed by atoms with E-state index in [1.807, 2.05) is 4.90 Å². The molecule has 1 aromatic carbocycles. The summed E-state index contributed by atoms with van der Waals surface area (Å²) in [4.78, 5) is 26.1. The zero-order chi connectivity index (χ0) is 16.1. The Kier molecular flexibility index (Phi) is 4.98. The number of anilines is 1. The van der Waals surface area contributed by atoms with Gasteiger partial charge in [-0.1, -0.05) is 12.7 Å². The number of hydrogen-bond donors (Lipinski definition) is 1. The number of carboxylic acids is 1. The number of hydrogen-bond acceptors (Lipinski definition) is 4. The summed E-state index contributed by atoms with van der Waals surface area (Å²) in [6, 6.07) is 3.70. The third kappa shape index (κ3) is 3.75. The van der Waals surface area contributed by atoms with Gasteiger partial charge in [0.1, 0.15) is 12.4 Å². The predicted molar refractivity (Wildman–Crippen MR) is 78.7 cm³/mol. The smallest absolute Gasteiger partial charge is 0.410 e. The molecule has 1 saturated heterocycles. The van der Waals surface area contributed by atoms with Crippen LogP contribution < -0.4 is 4.90 Å². The molecule has 0 atom stereocenters. The number of amides is 1. The van der Waals surface area contributed by atoms with E-state index in [1.165, 1.54) is 18.2 Å². The summed E-state index contributed by atoms with van der Waals surface area (Å²) in [5.41, 5.74) is 0.402. The minimum absolute atomic E-state index is 0.0946. The second-order valence-corrected chi connectivity index (χ2v) is 4.84. The zero-order valence-electron chi connectivity index (χ0n) is 12.0. The Morgan fingerprint density at radius 2 is 1.95 bits per heavy atom. The van der Waals surface area contributed by atoms with E-state index >= 15 is 0 Å². The first-order valence-electron chi connectivity index (χ1n) is 6.82. The monoisotopic (exact) mass is 308 g/mol. The number of benzene rings is 1. The van der Waals surface area contributed by atoms with Crippen LogP contribution in [0.15, 0.2) is 30.9 Å². The minimum Gasteiger partial charge on any atom is -0.478 e. The fourth-order valence-corrected chi connectivity index (χ4v) is 2.25. The van der Waals surface area contributed by atoms with Crippen molar-refractivity contribution in [3.63, 3.8) is 0 Å². The normalized spacial score (nSPS) is 14.6. The van der Waals surface area contributed by atoms with E-state index in [4.69, 9.17) is 9.84 Å². The summed E-state index contributed by atoms with van der Waals surface area (Å²) in [6.07, 6.45) is 1.08. The first-order chi connectivity index (χ1) is 10.5. The molecule has 1 aromatic rings. The number of halogens is 1. The summed E-state index contributed by atoms with van der Waals surface area (Å²) < 4.78 is 18.5. The SMILES string of the molecule is C=CCOC(=O)N1CCN(c2cc(F)cc(C(=O)O)c2)CC1. The second-order valence-electron chi connectivity index (χ2n) is 4.84. The van der Waals surface area contributed by atoms with Crippen molar-refractivity contribution in [2.75, 3.05) is 37.7 Å². The number of rotatable bonds is 4. The van der Waals surface area contributed by atoms with Crippen LogP contribution in [0.25, 0.3) is 0 Å². The summed E-state index contributed by atoms with van der Waals surface area (Å²) >= 11 is 0. The molecule has 0 bridgehead atoms. The molecule has 1 heterocycles. The molecular weight excluding hydrogens is 291 g/mol. The molecular formula is C15H17FN2O4. The molecule has 0 aliphatic carbocycles. The Morgan fingerprint density at radius 1 is 1.27 bits per heavy atom. The van der Waals surface area contributed by atoms with Gasteiger partial charge >= 0.3 is 12.1 Å². The lowest BCUT2D eigenvalue weighted by atomic mass is 10.1. The molecule has 2 rings (SSSR count). The van der Waals surface area contributed by atoms with Gasteiger partial charge in [-0.2, -0.15) is 0 Å². The van der Waals surface area contributed by atoms with Crippen LogP contribution in [0.5, 0.6) is 0 Å². The van der Waals surface area contributed by atoms with Crippen molar-refractivity contribution in [3.05, 3.63) is 42.2 Å². The van der Waals surface area contributed by atoms with Crippen LogP contribution in [0, 0.1) is 5.82 Å². The third-order valence-electron chi connectivity index (χ3n) is 3.36. The Hall–Kier alpha value is -2.57. The standard InChI is InChI=1S/C15H17FN2O4/c1-2-7-22-15(21)18-5-3-17(4-6-18)13-9-11(14(19)20)8-12(16)10-13/h2,8-10H,1,3-7H2,(H,19,20). The Labute approximate surface area is 127 Å². The quantitative estimate of drug-likeness (QED) is 0.861. The lowest BCUT2D eigenvalue weighted by Crippen LogP contribution is -2.49. The van der Waals surface area contributed by atoms with Crippen molar-refractivity contribution in [2.24, 2.45) is 0 Å². The number of aromatic carboxylic acids is 1. The number of piperazine rings is 1. The van der Waals surface area contributed by atoms with E-state index < -0.39 is 17.9 Å². The average molecular weight is 308 g/mol. The van der Waals surface area contributed by atoms with Gasteiger partial charge in [-0.25, -0.2) is 14.0 Å². The largest absolute Gasteiger partial charge is 0.478 e. The number of carbonyl (C=O) groups excluding carboxylic acids is 1. The fraction of sp³-hybridized carbons (Fsp3) is 0.333. The van der Waals surface area contributed by atoms with Gasteiger partial charge < -0.3 is 19.6 Å². The van der Waals surface area contributed by atoms with Gasteiger partial charge in [0, 0.05) is 31.9 Å². The first-order valence-corrected chi connectivity index (χ1v) is 6.82. The molecule has 7 heteroatoms. The van der Waals surface area contributed by atoms with Crippen LogP contribution in [-0.2, 0) is 4.74 Å². The van der Waals surface area contributed by atoms with Crippen molar-refractivity contribution in [1.29, 1.82) is 0 Å². The van der Waals surface area contributed by atoms with E-state index in [-0.39, 0.29) is 12.2 Å². The van der Waals surface area contributed by atoms with Crippen molar-refractivity contribution < 1.29 is 23.8 Å². The van der Waals surface area contributed by atoms with Crippen molar-refractivity contribution in [3.8, 4) is 0 Å². The van der Waals surface area contributed by atoms with Crippen molar-refractivity contribution in [2.45, 2.75) is 0 Å². The Balaban J connectivity index is 2.01. The van der Waals surface area contributed by atoms with Crippen molar-refractivity contribution >= 4 is 17.7 Å². The highest BCUT2D eigenvalue weighted by atomic mass is 19.1. The molecule has 6 nitrogen and oxygen atoms in total. The van der Waals surface area contributed by atoms with Gasteiger partial charge in [0.2, 0.25) is 0 Å². The fourth-order valence-electron chi connectivity index (χ4n) is 2.25. The number of ether oxygens (including phenoxy) is 1. The molecule has 0 aromatic heterocycles. The molecule has 1 aliphatic rings. The van der Waals surface area contributed by atoms with Crippen LogP contribution in [0.4, 0.5) is 14.9 Å². The predicted octanol–water partition coefficient (Wildman–Crippen LogP) is 1.97. The van der Waals surface area contributed by atoms with Gasteiger partial charge in [-0.3, -0.25) is 0 Å². The topological polar surface area (TPSA) is 70.1 Å². The summed E-state index contributed by atoms with van der Waals surface area (Å²) in [5, 5.41) is 8.97. The lowest BCUT2D eigenvalue weighted by molar-refractivity contribution is 0.0696. The average Bonchev–Trinajstić information content (AvgIpc) is 2.52. The molecule has 0 spiro atoms. The Morgan fingerprint density at radius 3 is 2.55 bits per heavy atom. The summed E-state index contributed by atoms with van der Waals surface area (Å²) in [6.45, 7) is 5.44. The second kappa shape index (κ2) is 6.93. The number of nitrogens with zero attached hydrogens (tertiary/aromatic N) is 2. The van der Waals surface area contributed by atoms with E-state index in [0.717, 1.165) is 6.07 Å². The van der Waals surface area contributed by atoms with E-state index in [1.54, 1.807) is 4.90 Å². The summed E-state index contributed by atoms with van der Waals surface area (Å²) in [7, 11) is 0. The molecule has 0 unspecified atom stereocenters. The van der Waals surface area contributed by atoms with Gasteiger partial charge in [-0.05, 0) is 18.2 Å². The number of carbonyl (C=O) groups is 2. The van der Waals surface area contributed by atoms with E-state index in [2.05, 4.69) is 6.58 Å². The highest BCUT2D eigenvalue weighted by molar-refractivity contribution is 5.89. The number of carboxylic acid groups (broad SMARTS) is 1. The minimum atomic E-state index is -1.17. The summed E-state index contributed by atoms with van der Waals surface area (Å²) in [5.74, 6) is -1.77. The van der Waals surface area contributed by atoms with E-state index in [9.17, 15) is 14.0 Å². The zero-order valence-corrected chi connectivity index (χ0v) is 12.0. The van der Waals surface area contributed by atoms with Crippen LogP contribution in [0.1, 0.15) is 10.4 Å². The molecule has 1 N–H and O–H groups in total. The van der Waals surface area contributed by atoms with Gasteiger partial charge in [-0.15, -0.1) is 0 Å². The Bertz CT molecular complexity index is 583. The van der Waals surface area contributed by atoms with E-state index in [0.29, 0.717) is 31.9 Å². The highest BCUT2D eigenvalue weighted by Gasteiger charge is 2.23. The van der Waals surface area contributed by atoms with Crippen LogP contribution in [0.3, 0.4) is 0 Å². The molecule has 1 aliphatic heterocycles.